The van der Waals surface area contributed by atoms with E-state index in [1.165, 1.54) is 16.7 Å². The average molecular weight is 741 g/mol. The predicted molar refractivity (Wildman–Crippen MR) is 224 cm³/mol. The number of aromatic hydroxyl groups is 1. The van der Waals surface area contributed by atoms with Crippen molar-refractivity contribution in [1.82, 2.24) is 0 Å². The molecular formula is C44H64O4Si3. The van der Waals surface area contributed by atoms with E-state index in [0.29, 0.717) is 17.8 Å². The maximum Gasteiger partial charge on any atom is 0.245 e. The molecule has 4 rings (SSSR count). The lowest BCUT2D eigenvalue weighted by Gasteiger charge is -2.31. The Morgan fingerprint density at radius 3 is 0.824 bits per heavy atom. The Kier molecular flexibility index (Phi) is 13.5. The van der Waals surface area contributed by atoms with Gasteiger partial charge in [0.2, 0.25) is 25.0 Å². The molecule has 0 spiro atoms. The quantitative estimate of drug-likeness (QED) is 0.110. The van der Waals surface area contributed by atoms with Crippen molar-refractivity contribution in [3.8, 4) is 23.0 Å². The largest absolute Gasteiger partial charge is 0.544 e. The van der Waals surface area contributed by atoms with Crippen molar-refractivity contribution in [3.63, 3.8) is 0 Å². The van der Waals surface area contributed by atoms with Gasteiger partial charge in [0.1, 0.15) is 23.0 Å². The Hall–Kier alpha value is -3.27. The topological polar surface area (TPSA) is 47.9 Å². The summed E-state index contributed by atoms with van der Waals surface area (Å²) in [5.74, 6) is 4.83. The summed E-state index contributed by atoms with van der Waals surface area (Å²) in [6.07, 6.45) is 0. The molecule has 4 aromatic rings. The van der Waals surface area contributed by atoms with E-state index >= 15 is 0 Å². The fourth-order valence-corrected chi connectivity index (χ4v) is 16.6. The van der Waals surface area contributed by atoms with Gasteiger partial charge in [0.25, 0.3) is 0 Å². The first-order valence-corrected chi connectivity index (χ1v) is 28.3. The van der Waals surface area contributed by atoms with Crippen LogP contribution < -0.4 is 13.3 Å². The number of hydrogen-bond donors (Lipinski definition) is 1. The van der Waals surface area contributed by atoms with Crippen molar-refractivity contribution in [3.05, 3.63) is 119 Å². The zero-order chi connectivity index (χ0) is 37.6. The van der Waals surface area contributed by atoms with Gasteiger partial charge in [-0.25, -0.2) is 0 Å². The summed E-state index contributed by atoms with van der Waals surface area (Å²) < 4.78 is 19.9. The number of phenolic OH excluding ortho intramolecular Hbond substituents is 1. The van der Waals surface area contributed by atoms with Gasteiger partial charge in [0.15, 0.2) is 0 Å². The lowest BCUT2D eigenvalue weighted by Crippen LogP contribution is -2.35. The van der Waals surface area contributed by atoms with Gasteiger partial charge in [0, 0.05) is 11.8 Å². The Bertz CT molecular complexity index is 1580. The highest BCUT2D eigenvalue weighted by Gasteiger charge is 2.31. The van der Waals surface area contributed by atoms with Crippen molar-refractivity contribution in [2.75, 3.05) is 0 Å². The van der Waals surface area contributed by atoms with Gasteiger partial charge in [-0.2, -0.15) is 0 Å². The summed E-state index contributed by atoms with van der Waals surface area (Å²) in [5.41, 5.74) is 4.74. The third kappa shape index (κ3) is 12.4. The van der Waals surface area contributed by atoms with Crippen molar-refractivity contribution in [2.24, 2.45) is 17.8 Å². The minimum atomic E-state index is -1.86. The Morgan fingerprint density at radius 2 is 0.608 bits per heavy atom. The average Bonchev–Trinajstić information content (AvgIpc) is 2.99. The van der Waals surface area contributed by atoms with Crippen LogP contribution in [0, 0.1) is 17.8 Å². The molecule has 0 fully saturated rings. The van der Waals surface area contributed by atoms with Crippen LogP contribution in [-0.2, 0) is 0 Å². The number of phenols is 1. The Labute approximate surface area is 313 Å². The highest BCUT2D eigenvalue weighted by Crippen LogP contribution is 2.45. The van der Waals surface area contributed by atoms with E-state index in [-0.39, 0.29) is 17.6 Å². The molecule has 7 heteroatoms. The summed E-state index contributed by atoms with van der Waals surface area (Å²) in [6, 6.07) is 37.4. The van der Waals surface area contributed by atoms with Crippen LogP contribution in [-0.4, -0.2) is 30.1 Å². The second kappa shape index (κ2) is 17.0. The van der Waals surface area contributed by atoms with Crippen molar-refractivity contribution < 1.29 is 18.4 Å². The Balaban J connectivity index is 1.80. The second-order valence-corrected chi connectivity index (χ2v) is 30.0. The van der Waals surface area contributed by atoms with Crippen LogP contribution >= 0.6 is 0 Å². The molecule has 0 amide bonds. The zero-order valence-corrected chi connectivity index (χ0v) is 36.4. The monoisotopic (exact) mass is 740 g/mol. The molecule has 0 bridgehead atoms. The van der Waals surface area contributed by atoms with Crippen LogP contribution in [0.1, 0.15) is 75.6 Å². The van der Waals surface area contributed by atoms with Gasteiger partial charge in [-0.3, -0.25) is 0 Å². The Morgan fingerprint density at radius 1 is 0.392 bits per heavy atom. The summed E-state index contributed by atoms with van der Waals surface area (Å²) in [6.45, 7) is 27.4. The smallest absolute Gasteiger partial charge is 0.245 e. The number of rotatable bonds is 17. The molecule has 0 saturated carbocycles. The van der Waals surface area contributed by atoms with E-state index < -0.39 is 25.0 Å². The highest BCUT2D eigenvalue weighted by atomic mass is 28.4. The molecular weight excluding hydrogens is 677 g/mol. The molecule has 0 saturated heterocycles. The van der Waals surface area contributed by atoms with Gasteiger partial charge in [-0.05, 0) is 146 Å². The van der Waals surface area contributed by atoms with Gasteiger partial charge in [-0.1, -0.05) is 90.1 Å². The zero-order valence-electron chi connectivity index (χ0n) is 33.4. The maximum atomic E-state index is 10.3. The lowest BCUT2D eigenvalue weighted by molar-refractivity contribution is 0.475. The first kappa shape index (κ1) is 40.5. The fraction of sp³-hybridized carbons (Fsp3) is 0.455. The molecule has 0 aliphatic heterocycles. The molecule has 0 heterocycles. The molecule has 4 aromatic carbocycles. The molecule has 4 nitrogen and oxygen atoms in total. The van der Waals surface area contributed by atoms with Gasteiger partial charge >= 0.3 is 0 Å². The van der Waals surface area contributed by atoms with Crippen LogP contribution in [0.25, 0.3) is 0 Å². The summed E-state index contributed by atoms with van der Waals surface area (Å²) in [7, 11) is -5.58. The van der Waals surface area contributed by atoms with Crippen molar-refractivity contribution in [2.45, 2.75) is 111 Å². The molecule has 0 aromatic heterocycles. The van der Waals surface area contributed by atoms with E-state index in [1.807, 2.05) is 0 Å². The minimum Gasteiger partial charge on any atom is -0.544 e. The van der Waals surface area contributed by atoms with E-state index in [9.17, 15) is 5.11 Å². The molecule has 1 unspecified atom stereocenters. The molecule has 1 atom stereocenters. The van der Waals surface area contributed by atoms with Crippen LogP contribution in [0.15, 0.2) is 97.1 Å². The van der Waals surface area contributed by atoms with Crippen LogP contribution in [0.3, 0.4) is 0 Å². The first-order valence-electron chi connectivity index (χ1n) is 19.0. The number of benzene rings is 4. The summed E-state index contributed by atoms with van der Waals surface area (Å²) >= 11 is 0. The molecule has 0 aliphatic rings. The summed E-state index contributed by atoms with van der Waals surface area (Å²) in [4.78, 5) is 0. The SMILES string of the molecule is CC(C)C[Si](C)(C)Oc1ccc(C(c2ccc(O)cc2)C(c2ccc(O[Si](C)(C)CC(C)C)cc2)c2ccc(O[Si](C)(C)CC(C)C)cc2)cc1. The molecule has 1 N–H and O–H groups in total. The van der Waals surface area contributed by atoms with E-state index in [2.05, 4.69) is 166 Å². The highest BCUT2D eigenvalue weighted by molar-refractivity contribution is 6.72. The second-order valence-electron chi connectivity index (χ2n) is 17.6. The first-order chi connectivity index (χ1) is 23.8. The van der Waals surface area contributed by atoms with Crippen LogP contribution in [0.4, 0.5) is 0 Å². The minimum absolute atomic E-state index is 0.0157. The standard InChI is InChI=1S/C44H64O4Si3/c1-32(2)29-49(7,8)46-40-23-15-36(16-24-40)43(35-13-21-39(45)22-14-35)44(37-17-25-41(26-18-37)47-50(9,10)30-33(3)4)38-19-27-42(28-20-38)48-51(11,12)31-34(5)6/h13-28,32-34,43-45H,29-31H2,1-12H3. The molecule has 51 heavy (non-hydrogen) atoms. The predicted octanol–water partition coefficient (Wildman–Crippen LogP) is 13.1. The third-order valence-corrected chi connectivity index (χ3v) is 16.9. The van der Waals surface area contributed by atoms with E-state index in [0.717, 1.165) is 40.9 Å². The van der Waals surface area contributed by atoms with Crippen molar-refractivity contribution in [1.29, 1.82) is 0 Å². The van der Waals surface area contributed by atoms with Gasteiger partial charge < -0.3 is 18.4 Å². The fourth-order valence-electron chi connectivity index (χ4n) is 8.10. The third-order valence-electron chi connectivity index (χ3n) is 9.19. The van der Waals surface area contributed by atoms with Crippen molar-refractivity contribution >= 4 is 25.0 Å². The maximum absolute atomic E-state index is 10.3. The van der Waals surface area contributed by atoms with Crippen LogP contribution in [0.5, 0.6) is 23.0 Å². The summed E-state index contributed by atoms with van der Waals surface area (Å²) in [5, 5.41) is 10.3. The molecule has 0 radical (unpaired) electrons. The van der Waals surface area contributed by atoms with Crippen LogP contribution in [0.2, 0.25) is 57.4 Å². The number of hydrogen-bond acceptors (Lipinski definition) is 4. The van der Waals surface area contributed by atoms with E-state index in [1.54, 1.807) is 12.1 Å². The normalized spacial score (nSPS) is 13.3. The molecule has 276 valence electrons. The van der Waals surface area contributed by atoms with E-state index in [4.69, 9.17) is 13.3 Å². The van der Waals surface area contributed by atoms with Gasteiger partial charge in [-0.15, -0.1) is 0 Å². The van der Waals surface area contributed by atoms with Gasteiger partial charge in [0.05, 0.1) is 0 Å². The molecule has 0 aliphatic carbocycles. The lowest BCUT2D eigenvalue weighted by atomic mass is 9.73.